The van der Waals surface area contributed by atoms with Crippen LogP contribution in [0.5, 0.6) is 5.75 Å². The lowest BCUT2D eigenvalue weighted by atomic mass is 10.2. The second kappa shape index (κ2) is 6.91. The van der Waals surface area contributed by atoms with Crippen molar-refractivity contribution in [3.8, 4) is 5.75 Å². The van der Waals surface area contributed by atoms with E-state index in [4.69, 9.17) is 10.5 Å². The van der Waals surface area contributed by atoms with Crippen LogP contribution in [0.15, 0.2) is 29.4 Å². The second-order valence-electron chi connectivity index (χ2n) is 5.04. The highest BCUT2D eigenvalue weighted by Gasteiger charge is 2.27. The molecular formula is C14H19N5OS. The number of nitrogens with zero attached hydrogens (tertiary/aromatic N) is 4. The molecule has 2 aromatic rings. The number of ether oxygens (including phenoxy) is 1. The molecule has 1 fully saturated rings. The molecule has 0 spiro atoms. The number of nitrogens with two attached hydrogens (primary N) is 1. The molecule has 1 saturated carbocycles. The summed E-state index contributed by atoms with van der Waals surface area (Å²) in [5.41, 5.74) is 6.68. The molecule has 0 atom stereocenters. The van der Waals surface area contributed by atoms with Gasteiger partial charge in [0, 0.05) is 12.3 Å². The summed E-state index contributed by atoms with van der Waals surface area (Å²) in [6, 6.07) is 8.44. The average molecular weight is 305 g/mol. The first-order valence-corrected chi connectivity index (χ1v) is 8.18. The monoisotopic (exact) mass is 305 g/mol. The van der Waals surface area contributed by atoms with Crippen molar-refractivity contribution in [3.63, 3.8) is 0 Å². The molecule has 0 aliphatic heterocycles. The number of benzene rings is 1. The van der Waals surface area contributed by atoms with Crippen LogP contribution in [0.4, 0.5) is 0 Å². The Labute approximate surface area is 128 Å². The molecule has 6 nitrogen and oxygen atoms in total. The molecular weight excluding hydrogens is 286 g/mol. The summed E-state index contributed by atoms with van der Waals surface area (Å²) < 4.78 is 7.64. The maximum absolute atomic E-state index is 5.70. The van der Waals surface area contributed by atoms with Crippen molar-refractivity contribution in [2.45, 2.75) is 37.0 Å². The molecule has 0 saturated heterocycles. The molecule has 0 bridgehead atoms. The minimum absolute atomic E-state index is 0.528. The largest absolute Gasteiger partial charge is 0.494 e. The molecule has 1 aromatic carbocycles. The Hall–Kier alpha value is -1.60. The van der Waals surface area contributed by atoms with Gasteiger partial charge in [0.25, 0.3) is 0 Å². The lowest BCUT2D eigenvalue weighted by Crippen LogP contribution is -2.02. The Kier molecular flexibility index (Phi) is 4.72. The Morgan fingerprint density at radius 1 is 1.29 bits per heavy atom. The lowest BCUT2D eigenvalue weighted by molar-refractivity contribution is 0.318. The van der Waals surface area contributed by atoms with Crippen LogP contribution in [0.2, 0.25) is 0 Å². The molecule has 7 heteroatoms. The summed E-state index contributed by atoms with van der Waals surface area (Å²) >= 11 is 1.69. The molecule has 1 heterocycles. The summed E-state index contributed by atoms with van der Waals surface area (Å²) in [5.74, 6) is 1.84. The van der Waals surface area contributed by atoms with Gasteiger partial charge in [0.2, 0.25) is 5.16 Å². The van der Waals surface area contributed by atoms with Gasteiger partial charge in [-0.2, -0.15) is 0 Å². The summed E-state index contributed by atoms with van der Waals surface area (Å²) in [6.45, 7) is 1.26. The van der Waals surface area contributed by atoms with E-state index in [-0.39, 0.29) is 0 Å². The van der Waals surface area contributed by atoms with Crippen molar-refractivity contribution in [1.29, 1.82) is 0 Å². The summed E-state index contributed by atoms with van der Waals surface area (Å²) in [7, 11) is 0. The Morgan fingerprint density at radius 2 is 2.10 bits per heavy atom. The highest BCUT2D eigenvalue weighted by molar-refractivity contribution is 7.99. The highest BCUT2D eigenvalue weighted by Crippen LogP contribution is 2.36. The first-order chi connectivity index (χ1) is 10.4. The Bertz CT molecular complexity index is 567. The zero-order valence-electron chi connectivity index (χ0n) is 11.8. The van der Waals surface area contributed by atoms with Crippen LogP contribution in [0.1, 0.15) is 30.9 Å². The maximum Gasteiger partial charge on any atom is 0.209 e. The van der Waals surface area contributed by atoms with Crippen LogP contribution in [-0.2, 0) is 6.54 Å². The number of tetrazole rings is 1. The van der Waals surface area contributed by atoms with E-state index >= 15 is 0 Å². The van der Waals surface area contributed by atoms with E-state index in [2.05, 4.69) is 15.5 Å². The molecule has 1 aliphatic rings. The second-order valence-corrected chi connectivity index (χ2v) is 6.10. The first-order valence-electron chi connectivity index (χ1n) is 7.19. The zero-order chi connectivity index (χ0) is 14.5. The van der Waals surface area contributed by atoms with Crippen molar-refractivity contribution in [1.82, 2.24) is 20.2 Å². The van der Waals surface area contributed by atoms with Crippen molar-refractivity contribution < 1.29 is 4.74 Å². The third-order valence-electron chi connectivity index (χ3n) is 3.30. The van der Waals surface area contributed by atoms with Gasteiger partial charge in [-0.15, -0.1) is 5.10 Å². The standard InChI is InChI=1S/C14H19N5OS/c15-10-11-2-6-13(7-3-11)20-8-1-9-21-14-16-17-18-19(14)12-4-5-12/h2-3,6-7,12H,1,4-5,8-10,15H2. The van der Waals surface area contributed by atoms with Gasteiger partial charge in [0.1, 0.15) is 5.75 Å². The Balaban J connectivity index is 1.37. The van der Waals surface area contributed by atoms with Crippen LogP contribution >= 0.6 is 11.8 Å². The lowest BCUT2D eigenvalue weighted by Gasteiger charge is -2.06. The van der Waals surface area contributed by atoms with E-state index in [9.17, 15) is 0 Å². The van der Waals surface area contributed by atoms with Crippen molar-refractivity contribution in [3.05, 3.63) is 29.8 Å². The van der Waals surface area contributed by atoms with Gasteiger partial charge >= 0.3 is 0 Å². The predicted molar refractivity (Wildman–Crippen MR) is 81.3 cm³/mol. The topological polar surface area (TPSA) is 78.8 Å². The van der Waals surface area contributed by atoms with Crippen LogP contribution in [0.25, 0.3) is 0 Å². The fourth-order valence-electron chi connectivity index (χ4n) is 1.96. The van der Waals surface area contributed by atoms with E-state index in [1.165, 1.54) is 12.8 Å². The number of thioether (sulfide) groups is 1. The molecule has 1 aliphatic carbocycles. The van der Waals surface area contributed by atoms with Gasteiger partial charge < -0.3 is 10.5 Å². The average Bonchev–Trinajstić information content (AvgIpc) is 3.27. The van der Waals surface area contributed by atoms with Crippen LogP contribution in [-0.4, -0.2) is 32.6 Å². The van der Waals surface area contributed by atoms with E-state index in [0.717, 1.165) is 28.6 Å². The fraction of sp³-hybridized carbons (Fsp3) is 0.500. The third kappa shape index (κ3) is 3.95. The third-order valence-corrected chi connectivity index (χ3v) is 4.32. The van der Waals surface area contributed by atoms with E-state index in [0.29, 0.717) is 19.2 Å². The van der Waals surface area contributed by atoms with Gasteiger partial charge in [0.05, 0.1) is 12.6 Å². The summed E-state index contributed by atoms with van der Waals surface area (Å²) in [6.07, 6.45) is 3.35. The number of rotatable bonds is 8. The summed E-state index contributed by atoms with van der Waals surface area (Å²) in [5, 5.41) is 12.8. The molecule has 0 radical (unpaired) electrons. The molecule has 2 N–H and O–H groups in total. The maximum atomic E-state index is 5.70. The quantitative estimate of drug-likeness (QED) is 0.594. The molecule has 0 amide bonds. The predicted octanol–water partition coefficient (Wildman–Crippen LogP) is 2.03. The van der Waals surface area contributed by atoms with E-state index in [1.54, 1.807) is 11.8 Å². The van der Waals surface area contributed by atoms with Crippen LogP contribution in [0, 0.1) is 0 Å². The van der Waals surface area contributed by atoms with Crippen LogP contribution < -0.4 is 10.5 Å². The number of hydrogen-bond donors (Lipinski definition) is 1. The molecule has 112 valence electrons. The van der Waals surface area contributed by atoms with Gasteiger partial charge in [0.15, 0.2) is 0 Å². The Morgan fingerprint density at radius 3 is 2.81 bits per heavy atom. The molecule has 21 heavy (non-hydrogen) atoms. The van der Waals surface area contributed by atoms with Crippen molar-refractivity contribution >= 4 is 11.8 Å². The molecule has 3 rings (SSSR count). The smallest absolute Gasteiger partial charge is 0.209 e. The molecule has 1 aromatic heterocycles. The van der Waals surface area contributed by atoms with E-state index in [1.807, 2.05) is 28.9 Å². The first kappa shape index (κ1) is 14.3. The van der Waals surface area contributed by atoms with Gasteiger partial charge in [-0.05, 0) is 47.4 Å². The minimum atomic E-state index is 0.528. The highest BCUT2D eigenvalue weighted by atomic mass is 32.2. The van der Waals surface area contributed by atoms with Gasteiger partial charge in [-0.1, -0.05) is 23.9 Å². The zero-order valence-corrected chi connectivity index (χ0v) is 12.6. The van der Waals surface area contributed by atoms with Crippen LogP contribution in [0.3, 0.4) is 0 Å². The summed E-state index contributed by atoms with van der Waals surface area (Å²) in [4.78, 5) is 0. The van der Waals surface area contributed by atoms with Gasteiger partial charge in [-0.25, -0.2) is 4.68 Å². The number of aromatic nitrogens is 4. The van der Waals surface area contributed by atoms with Crippen molar-refractivity contribution in [2.75, 3.05) is 12.4 Å². The minimum Gasteiger partial charge on any atom is -0.494 e. The van der Waals surface area contributed by atoms with Crippen molar-refractivity contribution in [2.24, 2.45) is 5.73 Å². The number of hydrogen-bond acceptors (Lipinski definition) is 6. The molecule has 0 unspecified atom stereocenters. The SMILES string of the molecule is NCc1ccc(OCCCSc2nnnn2C2CC2)cc1. The van der Waals surface area contributed by atoms with Gasteiger partial charge in [-0.3, -0.25) is 0 Å². The normalized spacial score (nSPS) is 14.3. The van der Waals surface area contributed by atoms with E-state index < -0.39 is 0 Å². The fourth-order valence-corrected chi connectivity index (χ4v) is 2.82.